The number of benzene rings is 1. The van der Waals surface area contributed by atoms with Crippen LogP contribution in [0.1, 0.15) is 21.5 Å². The molecule has 1 N–H and O–H groups in total. The van der Waals surface area contributed by atoms with Gasteiger partial charge in [0.2, 0.25) is 10.0 Å². The molecule has 0 saturated carbocycles. The molecule has 1 aromatic carbocycles. The second kappa shape index (κ2) is 3.88. The lowest BCUT2D eigenvalue weighted by atomic mass is 10.1. The third-order valence-corrected chi connectivity index (χ3v) is 3.73. The summed E-state index contributed by atoms with van der Waals surface area (Å²) in [6.07, 6.45) is 0. The van der Waals surface area contributed by atoms with Gasteiger partial charge < -0.3 is 4.74 Å². The molecule has 1 aliphatic heterocycles. The van der Waals surface area contributed by atoms with E-state index < -0.39 is 16.0 Å². The highest BCUT2D eigenvalue weighted by atomic mass is 32.2. The molecule has 1 aromatic rings. The van der Waals surface area contributed by atoms with Gasteiger partial charge >= 0.3 is 5.97 Å². The van der Waals surface area contributed by atoms with Crippen LogP contribution in [0.25, 0.3) is 0 Å². The van der Waals surface area contributed by atoms with E-state index in [0.717, 1.165) is 11.1 Å². The summed E-state index contributed by atoms with van der Waals surface area (Å²) in [7, 11) is -1.89. The molecule has 0 atom stereocenters. The molecule has 5 nitrogen and oxygen atoms in total. The molecule has 0 amide bonds. The zero-order chi connectivity index (χ0) is 11.8. The number of methoxy groups -OCH3 is 1. The van der Waals surface area contributed by atoms with Crippen molar-refractivity contribution in [2.45, 2.75) is 12.3 Å². The largest absolute Gasteiger partial charge is 0.465 e. The Morgan fingerprint density at radius 3 is 2.81 bits per heavy atom. The average Bonchev–Trinajstić information content (AvgIpc) is 2.26. The zero-order valence-corrected chi connectivity index (χ0v) is 9.50. The molecule has 2 rings (SSSR count). The van der Waals surface area contributed by atoms with Crippen molar-refractivity contribution in [2.75, 3.05) is 7.11 Å². The summed E-state index contributed by atoms with van der Waals surface area (Å²) in [4.78, 5) is 11.3. The van der Waals surface area contributed by atoms with Gasteiger partial charge in [-0.05, 0) is 23.3 Å². The van der Waals surface area contributed by atoms with Crippen molar-refractivity contribution in [2.24, 2.45) is 0 Å². The van der Waals surface area contributed by atoms with Crippen LogP contribution in [-0.4, -0.2) is 21.5 Å². The number of rotatable bonds is 1. The van der Waals surface area contributed by atoms with E-state index in [-0.39, 0.29) is 12.3 Å². The molecular formula is C10H11NO4S. The summed E-state index contributed by atoms with van der Waals surface area (Å²) < 4.78 is 29.6. The Bertz CT molecular complexity index is 536. The molecule has 0 aromatic heterocycles. The summed E-state index contributed by atoms with van der Waals surface area (Å²) in [6.45, 7) is 0.225. The maximum absolute atomic E-state index is 11.3. The monoisotopic (exact) mass is 241 g/mol. The minimum absolute atomic E-state index is 0.0379. The molecular weight excluding hydrogens is 230 g/mol. The third kappa shape index (κ3) is 2.07. The molecule has 1 aliphatic rings. The predicted octanol–water partition coefficient (Wildman–Crippen LogP) is 0.406. The Hall–Kier alpha value is -1.40. The Labute approximate surface area is 93.5 Å². The van der Waals surface area contributed by atoms with Crippen molar-refractivity contribution in [1.82, 2.24) is 4.72 Å². The number of hydrogen-bond donors (Lipinski definition) is 1. The number of ether oxygens (including phenoxy) is 1. The van der Waals surface area contributed by atoms with Crippen molar-refractivity contribution in [3.05, 3.63) is 34.9 Å². The van der Waals surface area contributed by atoms with Crippen molar-refractivity contribution in [1.29, 1.82) is 0 Å². The van der Waals surface area contributed by atoms with Crippen molar-refractivity contribution >= 4 is 16.0 Å². The highest BCUT2D eigenvalue weighted by molar-refractivity contribution is 7.88. The molecule has 0 fully saturated rings. The highest BCUT2D eigenvalue weighted by Crippen LogP contribution is 2.19. The third-order valence-electron chi connectivity index (χ3n) is 2.46. The molecule has 16 heavy (non-hydrogen) atoms. The van der Waals surface area contributed by atoms with E-state index in [0.29, 0.717) is 5.56 Å². The van der Waals surface area contributed by atoms with E-state index in [2.05, 4.69) is 9.46 Å². The molecule has 0 bridgehead atoms. The standard InChI is InChI=1S/C10H11NO4S/c1-15-10(12)7-2-3-8-6-16(13,14)11-5-9(8)4-7/h2-4,11H,5-6H2,1H3. The fourth-order valence-corrected chi connectivity index (χ4v) is 2.79. The Morgan fingerprint density at radius 1 is 1.38 bits per heavy atom. The van der Waals surface area contributed by atoms with Gasteiger partial charge in [0, 0.05) is 6.54 Å². The maximum atomic E-state index is 11.3. The first-order valence-electron chi connectivity index (χ1n) is 4.69. The quantitative estimate of drug-likeness (QED) is 0.723. The van der Waals surface area contributed by atoms with Gasteiger partial charge in [-0.15, -0.1) is 0 Å². The molecule has 0 aliphatic carbocycles. The van der Waals surface area contributed by atoms with Crippen LogP contribution in [-0.2, 0) is 27.1 Å². The number of carbonyl (C=O) groups excluding carboxylic acids is 1. The van der Waals surface area contributed by atoms with E-state index >= 15 is 0 Å². The SMILES string of the molecule is COC(=O)c1ccc2c(c1)CNS(=O)(=O)C2. The van der Waals surface area contributed by atoms with Gasteiger partial charge in [0.1, 0.15) is 0 Å². The van der Waals surface area contributed by atoms with Crippen LogP contribution in [0.3, 0.4) is 0 Å². The van der Waals surface area contributed by atoms with E-state index in [1.807, 2.05) is 0 Å². The Balaban J connectivity index is 2.39. The number of carbonyl (C=O) groups is 1. The predicted molar refractivity (Wildman–Crippen MR) is 57.2 cm³/mol. The summed E-state index contributed by atoms with van der Waals surface area (Å²) in [6, 6.07) is 4.88. The first-order chi connectivity index (χ1) is 7.52. The van der Waals surface area contributed by atoms with Crippen LogP contribution in [0, 0.1) is 0 Å². The number of esters is 1. The molecule has 0 spiro atoms. The van der Waals surface area contributed by atoms with Crippen LogP contribution in [0.15, 0.2) is 18.2 Å². The van der Waals surface area contributed by atoms with E-state index in [1.54, 1.807) is 18.2 Å². The summed E-state index contributed by atoms with van der Waals surface area (Å²) >= 11 is 0. The lowest BCUT2D eigenvalue weighted by Gasteiger charge is -2.17. The van der Waals surface area contributed by atoms with Crippen molar-refractivity contribution < 1.29 is 17.9 Å². The number of sulfonamides is 1. The van der Waals surface area contributed by atoms with Gasteiger partial charge in [-0.1, -0.05) is 6.07 Å². The molecule has 0 unspecified atom stereocenters. The van der Waals surface area contributed by atoms with Gasteiger partial charge in [0.05, 0.1) is 18.4 Å². The fraction of sp³-hybridized carbons (Fsp3) is 0.300. The summed E-state index contributed by atoms with van der Waals surface area (Å²) in [5, 5.41) is 0. The molecule has 0 radical (unpaired) electrons. The minimum Gasteiger partial charge on any atom is -0.465 e. The van der Waals surface area contributed by atoms with Crippen molar-refractivity contribution in [3.8, 4) is 0 Å². The summed E-state index contributed by atoms with van der Waals surface area (Å²) in [5.41, 5.74) is 1.98. The summed E-state index contributed by atoms with van der Waals surface area (Å²) in [5.74, 6) is -0.458. The Kier molecular flexibility index (Phi) is 2.69. The molecule has 6 heteroatoms. The van der Waals surface area contributed by atoms with Gasteiger partial charge in [0.25, 0.3) is 0 Å². The van der Waals surface area contributed by atoms with E-state index in [4.69, 9.17) is 0 Å². The van der Waals surface area contributed by atoms with Crippen LogP contribution >= 0.6 is 0 Å². The topological polar surface area (TPSA) is 72.5 Å². The van der Waals surface area contributed by atoms with Crippen molar-refractivity contribution in [3.63, 3.8) is 0 Å². The van der Waals surface area contributed by atoms with Gasteiger partial charge in [-0.2, -0.15) is 0 Å². The van der Waals surface area contributed by atoms with Gasteiger partial charge in [-0.3, -0.25) is 0 Å². The number of nitrogens with one attached hydrogen (secondary N) is 1. The Morgan fingerprint density at radius 2 is 2.12 bits per heavy atom. The molecule has 86 valence electrons. The fourth-order valence-electron chi connectivity index (χ4n) is 1.62. The smallest absolute Gasteiger partial charge is 0.337 e. The number of fused-ring (bicyclic) bond motifs is 1. The minimum atomic E-state index is -3.20. The first-order valence-corrected chi connectivity index (χ1v) is 6.34. The zero-order valence-electron chi connectivity index (χ0n) is 8.69. The number of hydrogen-bond acceptors (Lipinski definition) is 4. The molecule has 1 heterocycles. The lowest BCUT2D eigenvalue weighted by Crippen LogP contribution is -2.30. The lowest BCUT2D eigenvalue weighted by molar-refractivity contribution is 0.0600. The average molecular weight is 241 g/mol. The van der Waals surface area contributed by atoms with Crippen LogP contribution < -0.4 is 4.72 Å². The van der Waals surface area contributed by atoms with Crippen LogP contribution in [0.5, 0.6) is 0 Å². The van der Waals surface area contributed by atoms with Gasteiger partial charge in [-0.25, -0.2) is 17.9 Å². The normalized spacial score (nSPS) is 17.6. The van der Waals surface area contributed by atoms with Crippen LogP contribution in [0.2, 0.25) is 0 Å². The van der Waals surface area contributed by atoms with E-state index in [1.165, 1.54) is 7.11 Å². The van der Waals surface area contributed by atoms with E-state index in [9.17, 15) is 13.2 Å². The van der Waals surface area contributed by atoms with Crippen LogP contribution in [0.4, 0.5) is 0 Å². The maximum Gasteiger partial charge on any atom is 0.337 e. The molecule has 0 saturated heterocycles. The second-order valence-electron chi connectivity index (χ2n) is 3.56. The first kappa shape index (κ1) is 11.1. The second-order valence-corrected chi connectivity index (χ2v) is 5.36. The van der Waals surface area contributed by atoms with Gasteiger partial charge in [0.15, 0.2) is 0 Å². The highest BCUT2D eigenvalue weighted by Gasteiger charge is 2.21.